The fraction of sp³-hybridized carbons (Fsp3) is 0.120. The van der Waals surface area contributed by atoms with Gasteiger partial charge in [-0.3, -0.25) is 4.90 Å². The molecule has 0 amide bonds. The number of rotatable bonds is 3. The Bertz CT molecular complexity index is 1250. The van der Waals surface area contributed by atoms with Crippen molar-refractivity contribution in [1.82, 2.24) is 0 Å². The lowest BCUT2D eigenvalue weighted by atomic mass is 10.0. The van der Waals surface area contributed by atoms with Crippen LogP contribution in [0.5, 0.6) is 0 Å². The first kappa shape index (κ1) is 17.8. The van der Waals surface area contributed by atoms with Crippen molar-refractivity contribution in [2.45, 2.75) is 13.3 Å². The second-order valence-corrected chi connectivity index (χ2v) is 8.13. The van der Waals surface area contributed by atoms with Crippen molar-refractivity contribution in [3.8, 4) is 0 Å². The van der Waals surface area contributed by atoms with Gasteiger partial charge in [0.2, 0.25) is 5.52 Å². The van der Waals surface area contributed by atoms with E-state index in [9.17, 15) is 0 Å². The number of benzene rings is 3. The second kappa shape index (κ2) is 7.30. The first-order chi connectivity index (χ1) is 14.3. The molecular formula is C25H22N3S+. The summed E-state index contributed by atoms with van der Waals surface area (Å²) in [5, 5.41) is 1.20. The molecule has 4 aromatic rings. The van der Waals surface area contributed by atoms with Crippen molar-refractivity contribution in [1.29, 1.82) is 0 Å². The maximum absolute atomic E-state index is 5.10. The van der Waals surface area contributed by atoms with E-state index in [4.69, 9.17) is 4.99 Å². The number of aromatic nitrogens is 1. The lowest BCUT2D eigenvalue weighted by molar-refractivity contribution is -0.642. The van der Waals surface area contributed by atoms with Crippen LogP contribution in [0, 0.1) is 0 Å². The average Bonchev–Trinajstić information content (AvgIpc) is 3.09. The summed E-state index contributed by atoms with van der Waals surface area (Å²) in [6.07, 6.45) is 3.08. The predicted molar refractivity (Wildman–Crippen MR) is 124 cm³/mol. The highest BCUT2D eigenvalue weighted by molar-refractivity contribution is 7.18. The molecule has 0 saturated carbocycles. The SMILES string of the molecule is CCC1=N/C(=C\c2sc3ccccc3[n+]2C)c2ccccc2N1c1ccccc1. The summed E-state index contributed by atoms with van der Waals surface area (Å²) >= 11 is 1.80. The fourth-order valence-electron chi connectivity index (χ4n) is 3.85. The van der Waals surface area contributed by atoms with Gasteiger partial charge in [-0.2, -0.15) is 4.57 Å². The van der Waals surface area contributed by atoms with E-state index in [1.807, 2.05) is 0 Å². The summed E-state index contributed by atoms with van der Waals surface area (Å²) in [5.74, 6) is 1.06. The van der Waals surface area contributed by atoms with Gasteiger partial charge in [-0.05, 0) is 24.3 Å². The molecule has 1 aromatic heterocycles. The topological polar surface area (TPSA) is 19.5 Å². The maximum Gasteiger partial charge on any atom is 0.264 e. The van der Waals surface area contributed by atoms with Gasteiger partial charge in [-0.25, -0.2) is 4.99 Å². The molecule has 2 heterocycles. The molecule has 0 unspecified atom stereocenters. The van der Waals surface area contributed by atoms with Gasteiger partial charge >= 0.3 is 0 Å². The van der Waals surface area contributed by atoms with Gasteiger partial charge in [-0.15, -0.1) is 0 Å². The van der Waals surface area contributed by atoms with Crippen LogP contribution in [-0.4, -0.2) is 5.84 Å². The Labute approximate surface area is 174 Å². The summed E-state index contributed by atoms with van der Waals surface area (Å²) in [7, 11) is 2.13. The molecule has 0 saturated heterocycles. The Morgan fingerprint density at radius 2 is 1.66 bits per heavy atom. The van der Waals surface area contributed by atoms with Crippen molar-refractivity contribution in [2.75, 3.05) is 4.90 Å². The standard InChI is InChI=1S/C25H22N3S/c1-3-24-26-20(17-25-27(2)22-15-9-10-16-23(22)29-25)19-13-7-8-14-21(19)28(24)18-11-5-4-6-12-18/h4-17H,3H2,1-2H3/q+1. The number of hydrogen-bond donors (Lipinski definition) is 0. The van der Waals surface area contributed by atoms with Crippen LogP contribution in [0.1, 0.15) is 23.9 Å². The lowest BCUT2D eigenvalue weighted by Gasteiger charge is -2.32. The second-order valence-electron chi connectivity index (χ2n) is 7.07. The van der Waals surface area contributed by atoms with E-state index >= 15 is 0 Å². The smallest absolute Gasteiger partial charge is 0.264 e. The fourth-order valence-corrected chi connectivity index (χ4v) is 4.94. The monoisotopic (exact) mass is 396 g/mol. The van der Waals surface area contributed by atoms with Gasteiger partial charge in [0.15, 0.2) is 0 Å². The van der Waals surface area contributed by atoms with Gasteiger partial charge < -0.3 is 0 Å². The number of aryl methyl sites for hydroxylation is 1. The quantitative estimate of drug-likeness (QED) is 0.378. The van der Waals surface area contributed by atoms with E-state index in [0.717, 1.165) is 29.2 Å². The third kappa shape index (κ3) is 3.06. The highest BCUT2D eigenvalue weighted by atomic mass is 32.1. The van der Waals surface area contributed by atoms with Crippen LogP contribution >= 0.6 is 11.3 Å². The Morgan fingerprint density at radius 1 is 0.931 bits per heavy atom. The molecule has 0 N–H and O–H groups in total. The summed E-state index contributed by atoms with van der Waals surface area (Å²) in [6, 6.07) is 27.6. The molecule has 3 nitrogen and oxygen atoms in total. The van der Waals surface area contributed by atoms with Crippen LogP contribution < -0.4 is 9.47 Å². The molecule has 0 fully saturated rings. The first-order valence-corrected chi connectivity index (χ1v) is 10.7. The molecule has 0 bridgehead atoms. The summed E-state index contributed by atoms with van der Waals surface area (Å²) in [6.45, 7) is 2.17. The van der Waals surface area contributed by atoms with E-state index in [0.29, 0.717) is 0 Å². The van der Waals surface area contributed by atoms with Gasteiger partial charge in [-0.1, -0.05) is 66.8 Å². The highest BCUT2D eigenvalue weighted by Crippen LogP contribution is 2.39. The summed E-state index contributed by atoms with van der Waals surface area (Å²) in [5.41, 5.74) is 5.75. The molecule has 0 radical (unpaired) electrons. The van der Waals surface area contributed by atoms with Crippen molar-refractivity contribution in [2.24, 2.45) is 12.0 Å². The Morgan fingerprint density at radius 3 is 2.45 bits per heavy atom. The maximum atomic E-state index is 5.10. The molecule has 0 atom stereocenters. The zero-order valence-corrected chi connectivity index (χ0v) is 17.4. The van der Waals surface area contributed by atoms with Gasteiger partial charge in [0, 0.05) is 29.8 Å². The number of hydrogen-bond acceptors (Lipinski definition) is 3. The lowest BCUT2D eigenvalue weighted by Crippen LogP contribution is -2.30. The van der Waals surface area contributed by atoms with Crippen LogP contribution in [0.4, 0.5) is 11.4 Å². The van der Waals surface area contributed by atoms with Crippen LogP contribution in [0.2, 0.25) is 0 Å². The van der Waals surface area contributed by atoms with Crippen LogP contribution in [0.15, 0.2) is 83.9 Å². The number of aliphatic imine (C=N–C) groups is 1. The average molecular weight is 397 g/mol. The Balaban J connectivity index is 1.70. The molecule has 3 aromatic carbocycles. The van der Waals surface area contributed by atoms with Crippen LogP contribution in [0.3, 0.4) is 0 Å². The number of nitrogens with zero attached hydrogens (tertiary/aromatic N) is 3. The molecular weight excluding hydrogens is 374 g/mol. The molecule has 4 heteroatoms. The molecule has 5 rings (SSSR count). The minimum Gasteiger partial charge on any atom is -0.298 e. The van der Waals surface area contributed by atoms with Crippen molar-refractivity contribution in [3.63, 3.8) is 0 Å². The first-order valence-electron chi connectivity index (χ1n) is 9.87. The van der Waals surface area contributed by atoms with E-state index in [1.165, 1.54) is 20.9 Å². The van der Waals surface area contributed by atoms with E-state index < -0.39 is 0 Å². The van der Waals surface area contributed by atoms with Gasteiger partial charge in [0.05, 0.1) is 11.4 Å². The van der Waals surface area contributed by atoms with E-state index in [1.54, 1.807) is 11.3 Å². The molecule has 1 aliphatic rings. The number of para-hydroxylation sites is 3. The number of fused-ring (bicyclic) bond motifs is 2. The van der Waals surface area contributed by atoms with E-state index in [2.05, 4.69) is 108 Å². The largest absolute Gasteiger partial charge is 0.298 e. The predicted octanol–water partition coefficient (Wildman–Crippen LogP) is 6.18. The molecule has 1 aliphatic heterocycles. The minimum absolute atomic E-state index is 0.860. The molecule has 0 spiro atoms. The van der Waals surface area contributed by atoms with Crippen LogP contribution in [-0.2, 0) is 7.05 Å². The summed E-state index contributed by atoms with van der Waals surface area (Å²) < 4.78 is 3.54. The van der Waals surface area contributed by atoms with Crippen molar-refractivity contribution >= 4 is 50.5 Å². The van der Waals surface area contributed by atoms with Crippen molar-refractivity contribution in [3.05, 3.63) is 89.4 Å². The zero-order chi connectivity index (χ0) is 19.8. The summed E-state index contributed by atoms with van der Waals surface area (Å²) in [4.78, 5) is 7.38. The number of thiazole rings is 1. The zero-order valence-electron chi connectivity index (χ0n) is 16.5. The molecule has 0 aliphatic carbocycles. The normalized spacial score (nSPS) is 14.9. The minimum atomic E-state index is 0.860. The third-order valence-electron chi connectivity index (χ3n) is 5.29. The Kier molecular flexibility index (Phi) is 4.49. The van der Waals surface area contributed by atoms with Crippen LogP contribution in [0.25, 0.3) is 22.0 Å². The Hall–Kier alpha value is -3.24. The molecule has 142 valence electrons. The molecule has 29 heavy (non-hydrogen) atoms. The number of anilines is 2. The van der Waals surface area contributed by atoms with Gasteiger partial charge in [0.25, 0.3) is 5.01 Å². The number of amidine groups is 1. The third-order valence-corrected chi connectivity index (χ3v) is 6.46. The van der Waals surface area contributed by atoms with E-state index in [-0.39, 0.29) is 0 Å². The van der Waals surface area contributed by atoms with Gasteiger partial charge in [0.1, 0.15) is 17.6 Å². The van der Waals surface area contributed by atoms with Crippen molar-refractivity contribution < 1.29 is 4.57 Å². The highest BCUT2D eigenvalue weighted by Gasteiger charge is 2.25.